The van der Waals surface area contributed by atoms with Crippen molar-refractivity contribution in [2.75, 3.05) is 5.73 Å². The van der Waals surface area contributed by atoms with E-state index in [4.69, 9.17) is 5.73 Å². The minimum atomic E-state index is 0.892. The van der Waals surface area contributed by atoms with Gasteiger partial charge in [-0.05, 0) is 71.0 Å². The van der Waals surface area contributed by atoms with Crippen molar-refractivity contribution >= 4 is 40.0 Å². The maximum atomic E-state index is 6.00. The van der Waals surface area contributed by atoms with Crippen LogP contribution in [-0.2, 0) is 6.42 Å². The Labute approximate surface area is 120 Å². The number of hydrogen-bond donors (Lipinski definition) is 1. The number of nitrogen functional groups attached to an aromatic ring is 1. The Morgan fingerprint density at radius 2 is 1.71 bits per heavy atom. The van der Waals surface area contributed by atoms with Gasteiger partial charge in [-0.2, -0.15) is 0 Å². The van der Waals surface area contributed by atoms with Gasteiger partial charge in [0.2, 0.25) is 0 Å². The zero-order valence-electron chi connectivity index (χ0n) is 9.61. The molecule has 2 aromatic carbocycles. The van der Waals surface area contributed by atoms with Crippen molar-refractivity contribution in [1.82, 2.24) is 0 Å². The minimum Gasteiger partial charge on any atom is -0.398 e. The van der Waals surface area contributed by atoms with Gasteiger partial charge in [0.05, 0.1) is 0 Å². The lowest BCUT2D eigenvalue weighted by Gasteiger charge is -2.06. The van der Waals surface area contributed by atoms with Crippen molar-refractivity contribution < 1.29 is 0 Å². The van der Waals surface area contributed by atoms with Crippen LogP contribution in [0, 0.1) is 3.57 Å². The van der Waals surface area contributed by atoms with Gasteiger partial charge in [0, 0.05) is 19.0 Å². The van der Waals surface area contributed by atoms with Crippen LogP contribution in [0.2, 0.25) is 0 Å². The highest BCUT2D eigenvalue weighted by molar-refractivity contribution is 14.1. The molecule has 0 bridgehead atoms. The van der Waals surface area contributed by atoms with Crippen LogP contribution >= 0.6 is 34.4 Å². The number of anilines is 1. The van der Waals surface area contributed by atoms with E-state index in [1.54, 1.807) is 11.8 Å². The van der Waals surface area contributed by atoms with E-state index in [-0.39, 0.29) is 0 Å². The van der Waals surface area contributed by atoms with Crippen LogP contribution < -0.4 is 5.73 Å². The summed E-state index contributed by atoms with van der Waals surface area (Å²) in [6.07, 6.45) is 0.986. The first-order valence-electron chi connectivity index (χ1n) is 5.51. The van der Waals surface area contributed by atoms with Gasteiger partial charge in [0.1, 0.15) is 0 Å². The van der Waals surface area contributed by atoms with Crippen LogP contribution in [0.15, 0.2) is 52.3 Å². The van der Waals surface area contributed by atoms with Crippen molar-refractivity contribution in [3.63, 3.8) is 0 Å². The summed E-state index contributed by atoms with van der Waals surface area (Å²) in [5.74, 6) is 0. The summed E-state index contributed by atoms with van der Waals surface area (Å²) in [5.41, 5.74) is 8.11. The molecule has 0 amide bonds. The maximum Gasteiger partial charge on any atom is 0.0357 e. The molecule has 0 heterocycles. The van der Waals surface area contributed by atoms with Crippen LogP contribution in [0.5, 0.6) is 0 Å². The molecule has 2 N–H and O–H groups in total. The van der Waals surface area contributed by atoms with E-state index < -0.39 is 0 Å². The fraction of sp³-hybridized carbons (Fsp3) is 0.143. The van der Waals surface area contributed by atoms with Crippen LogP contribution in [0.3, 0.4) is 0 Å². The molecule has 3 heteroatoms. The predicted octanol–water partition coefficient (Wildman–Crippen LogP) is 4.59. The average molecular weight is 355 g/mol. The number of benzene rings is 2. The molecule has 0 fully saturated rings. The largest absolute Gasteiger partial charge is 0.398 e. The molecule has 0 aliphatic rings. The third kappa shape index (κ3) is 3.39. The first kappa shape index (κ1) is 12.8. The quantitative estimate of drug-likeness (QED) is 0.644. The van der Waals surface area contributed by atoms with E-state index in [0.717, 1.165) is 12.1 Å². The second-order valence-electron chi connectivity index (χ2n) is 3.77. The average Bonchev–Trinajstić information content (AvgIpc) is 2.32. The molecule has 88 valence electrons. The lowest BCUT2D eigenvalue weighted by Crippen LogP contribution is -1.92. The van der Waals surface area contributed by atoms with E-state index in [2.05, 4.69) is 72.0 Å². The monoisotopic (exact) mass is 355 g/mol. The summed E-state index contributed by atoms with van der Waals surface area (Å²) >= 11 is 4.06. The Morgan fingerprint density at radius 3 is 2.29 bits per heavy atom. The smallest absolute Gasteiger partial charge is 0.0357 e. The highest BCUT2D eigenvalue weighted by Gasteiger charge is 2.01. The normalized spacial score (nSPS) is 10.5. The molecule has 2 rings (SSSR count). The van der Waals surface area contributed by atoms with Crippen molar-refractivity contribution in [3.05, 3.63) is 51.6 Å². The molecule has 0 saturated carbocycles. The first-order chi connectivity index (χ1) is 8.19. The van der Waals surface area contributed by atoms with Gasteiger partial charge in [-0.25, -0.2) is 0 Å². The number of nitrogens with two attached hydrogens (primary N) is 1. The van der Waals surface area contributed by atoms with Gasteiger partial charge >= 0.3 is 0 Å². The fourth-order valence-electron chi connectivity index (χ4n) is 1.60. The van der Waals surface area contributed by atoms with Crippen molar-refractivity contribution in [3.8, 4) is 0 Å². The molecule has 0 spiro atoms. The molecular weight excluding hydrogens is 341 g/mol. The van der Waals surface area contributed by atoms with E-state index >= 15 is 0 Å². The summed E-state index contributed by atoms with van der Waals surface area (Å²) in [5, 5.41) is 0. The summed E-state index contributed by atoms with van der Waals surface area (Å²) < 4.78 is 1.26. The Bertz CT molecular complexity index is 508. The Morgan fingerprint density at radius 1 is 1.06 bits per heavy atom. The highest BCUT2D eigenvalue weighted by Crippen LogP contribution is 2.30. The highest BCUT2D eigenvalue weighted by atomic mass is 127. The van der Waals surface area contributed by atoms with Crippen LogP contribution in [0.4, 0.5) is 5.69 Å². The Balaban J connectivity index is 2.19. The first-order valence-corrected chi connectivity index (χ1v) is 7.40. The maximum absolute atomic E-state index is 6.00. The molecule has 0 aliphatic carbocycles. The summed E-state index contributed by atoms with van der Waals surface area (Å²) in [6.45, 7) is 2.12. The minimum absolute atomic E-state index is 0.892. The molecular formula is C14H14INS. The lowest BCUT2D eigenvalue weighted by atomic mass is 10.1. The van der Waals surface area contributed by atoms with Crippen LogP contribution in [-0.4, -0.2) is 0 Å². The van der Waals surface area contributed by atoms with E-state index in [1.807, 2.05) is 0 Å². The second-order valence-corrected chi connectivity index (χ2v) is 6.16. The van der Waals surface area contributed by atoms with E-state index in [0.29, 0.717) is 0 Å². The molecule has 0 aliphatic heterocycles. The topological polar surface area (TPSA) is 26.0 Å². The Kier molecular flexibility index (Phi) is 4.34. The van der Waals surface area contributed by atoms with Crippen LogP contribution in [0.25, 0.3) is 0 Å². The van der Waals surface area contributed by atoms with E-state index in [1.165, 1.54) is 18.9 Å². The molecule has 0 atom stereocenters. The molecule has 0 radical (unpaired) electrons. The van der Waals surface area contributed by atoms with Gasteiger partial charge in [-0.3, -0.25) is 0 Å². The van der Waals surface area contributed by atoms with Gasteiger partial charge < -0.3 is 5.73 Å². The second kappa shape index (κ2) is 5.78. The van der Waals surface area contributed by atoms with Gasteiger partial charge in [-0.15, -0.1) is 0 Å². The summed E-state index contributed by atoms with van der Waals surface area (Å²) in [6, 6.07) is 14.8. The Hall–Kier alpha value is -0.680. The predicted molar refractivity (Wildman–Crippen MR) is 83.5 cm³/mol. The third-order valence-electron chi connectivity index (χ3n) is 2.55. The van der Waals surface area contributed by atoms with Crippen molar-refractivity contribution in [2.45, 2.75) is 23.1 Å². The number of rotatable bonds is 3. The molecule has 1 nitrogen and oxygen atoms in total. The number of halogens is 1. The standard InChI is InChI=1S/C14H14INS/c1-2-10-3-6-13(9-14(10)16)17-12-7-4-11(15)5-8-12/h3-9H,2,16H2,1H3. The van der Waals surface area contributed by atoms with E-state index in [9.17, 15) is 0 Å². The lowest BCUT2D eigenvalue weighted by molar-refractivity contribution is 1.14. The van der Waals surface area contributed by atoms with Gasteiger partial charge in [-0.1, -0.05) is 24.8 Å². The fourth-order valence-corrected chi connectivity index (χ4v) is 2.82. The molecule has 0 aromatic heterocycles. The zero-order valence-corrected chi connectivity index (χ0v) is 12.6. The molecule has 2 aromatic rings. The SMILES string of the molecule is CCc1ccc(Sc2ccc(I)cc2)cc1N. The number of aryl methyl sites for hydroxylation is 1. The van der Waals surface area contributed by atoms with Gasteiger partial charge in [0.25, 0.3) is 0 Å². The molecule has 0 saturated heterocycles. The number of hydrogen-bond acceptors (Lipinski definition) is 2. The third-order valence-corrected chi connectivity index (χ3v) is 4.26. The van der Waals surface area contributed by atoms with Gasteiger partial charge in [0.15, 0.2) is 0 Å². The zero-order chi connectivity index (χ0) is 12.3. The molecule has 17 heavy (non-hydrogen) atoms. The van der Waals surface area contributed by atoms with Crippen molar-refractivity contribution in [2.24, 2.45) is 0 Å². The summed E-state index contributed by atoms with van der Waals surface area (Å²) in [7, 11) is 0. The van der Waals surface area contributed by atoms with Crippen LogP contribution in [0.1, 0.15) is 12.5 Å². The van der Waals surface area contributed by atoms with Crippen molar-refractivity contribution in [1.29, 1.82) is 0 Å². The summed E-state index contributed by atoms with van der Waals surface area (Å²) in [4.78, 5) is 2.44. The molecule has 0 unspecified atom stereocenters.